The summed E-state index contributed by atoms with van der Waals surface area (Å²) >= 11 is 0. The summed E-state index contributed by atoms with van der Waals surface area (Å²) in [7, 11) is 0. The summed E-state index contributed by atoms with van der Waals surface area (Å²) in [6.45, 7) is 11.8. The lowest BCUT2D eigenvalue weighted by Crippen LogP contribution is -2.64. The van der Waals surface area contributed by atoms with Gasteiger partial charge in [-0.15, -0.1) is 0 Å². The first kappa shape index (κ1) is 12.4. The molecule has 0 aromatic rings. The molecule has 1 saturated carbocycles. The maximum absolute atomic E-state index is 5.85. The molecule has 2 nitrogen and oxygen atoms in total. The molecule has 1 aliphatic heterocycles. The van der Waals surface area contributed by atoms with Crippen LogP contribution in [0.15, 0.2) is 0 Å². The first-order valence-corrected chi connectivity index (χ1v) is 6.97. The van der Waals surface area contributed by atoms with Crippen LogP contribution < -0.4 is 0 Å². The molecule has 0 unspecified atom stereocenters. The minimum Gasteiger partial charge on any atom is -0.378 e. The lowest BCUT2D eigenvalue weighted by Gasteiger charge is -2.59. The van der Waals surface area contributed by atoms with Gasteiger partial charge in [-0.25, -0.2) is 0 Å². The molecule has 0 atom stereocenters. The molecule has 2 fully saturated rings. The highest BCUT2D eigenvalue weighted by molar-refractivity contribution is 5.05. The highest BCUT2D eigenvalue weighted by Crippen LogP contribution is 2.49. The summed E-state index contributed by atoms with van der Waals surface area (Å²) < 4.78 is 5.85. The second-order valence-corrected chi connectivity index (χ2v) is 6.32. The Morgan fingerprint density at radius 1 is 1.31 bits per heavy atom. The lowest BCUT2D eigenvalue weighted by atomic mass is 9.61. The second-order valence-electron chi connectivity index (χ2n) is 6.32. The smallest absolute Gasteiger partial charge is 0.0587 e. The number of hydrogen-bond donors (Lipinski definition) is 0. The predicted octanol–water partition coefficient (Wildman–Crippen LogP) is 2.92. The summed E-state index contributed by atoms with van der Waals surface area (Å²) in [6.07, 6.45) is 5.72. The molecule has 94 valence electrons. The van der Waals surface area contributed by atoms with E-state index >= 15 is 0 Å². The van der Waals surface area contributed by atoms with Crippen molar-refractivity contribution in [2.45, 2.75) is 52.6 Å². The fourth-order valence-electron chi connectivity index (χ4n) is 3.22. The van der Waals surface area contributed by atoms with Gasteiger partial charge in [0.05, 0.1) is 6.10 Å². The molecular weight excluding hydrogens is 198 g/mol. The van der Waals surface area contributed by atoms with Crippen molar-refractivity contribution in [3.63, 3.8) is 0 Å². The Morgan fingerprint density at radius 3 is 2.56 bits per heavy atom. The first-order chi connectivity index (χ1) is 7.63. The van der Waals surface area contributed by atoms with Gasteiger partial charge in [0.2, 0.25) is 0 Å². The van der Waals surface area contributed by atoms with E-state index in [0.717, 1.165) is 12.5 Å². The zero-order chi connectivity index (χ0) is 11.6. The normalized spacial score (nSPS) is 24.8. The average molecular weight is 225 g/mol. The van der Waals surface area contributed by atoms with Gasteiger partial charge >= 0.3 is 0 Å². The monoisotopic (exact) mass is 225 g/mol. The van der Waals surface area contributed by atoms with Crippen molar-refractivity contribution in [3.05, 3.63) is 0 Å². The van der Waals surface area contributed by atoms with Crippen LogP contribution in [0.5, 0.6) is 0 Å². The highest BCUT2D eigenvalue weighted by atomic mass is 16.5. The molecule has 0 radical (unpaired) electrons. The van der Waals surface area contributed by atoms with Gasteiger partial charge in [-0.3, -0.25) is 0 Å². The number of likely N-dealkylation sites (tertiary alicyclic amines) is 1. The van der Waals surface area contributed by atoms with Crippen LogP contribution in [0.3, 0.4) is 0 Å². The topological polar surface area (TPSA) is 12.5 Å². The fraction of sp³-hybridized carbons (Fsp3) is 1.00. The quantitative estimate of drug-likeness (QED) is 0.644. The summed E-state index contributed by atoms with van der Waals surface area (Å²) in [5, 5.41) is 0. The lowest BCUT2D eigenvalue weighted by molar-refractivity contribution is -0.152. The molecule has 2 heteroatoms. The SMILES string of the molecule is CCCCOC1CC2(C1)CN(CC(C)C)C2. The molecular formula is C14H27NO. The highest BCUT2D eigenvalue weighted by Gasteiger charge is 2.52. The van der Waals surface area contributed by atoms with Crippen molar-refractivity contribution < 1.29 is 4.74 Å². The molecule has 16 heavy (non-hydrogen) atoms. The average Bonchev–Trinajstić information content (AvgIpc) is 2.09. The minimum absolute atomic E-state index is 0.591. The van der Waals surface area contributed by atoms with E-state index in [1.165, 1.54) is 45.3 Å². The molecule has 0 amide bonds. The number of ether oxygens (including phenoxy) is 1. The molecule has 1 saturated heterocycles. The van der Waals surface area contributed by atoms with Gasteiger partial charge in [0, 0.05) is 31.7 Å². The summed E-state index contributed by atoms with van der Waals surface area (Å²) in [4.78, 5) is 2.60. The third-order valence-electron chi connectivity index (χ3n) is 3.91. The maximum atomic E-state index is 5.85. The van der Waals surface area contributed by atoms with Gasteiger partial charge < -0.3 is 9.64 Å². The van der Waals surface area contributed by atoms with E-state index < -0.39 is 0 Å². The van der Waals surface area contributed by atoms with Crippen molar-refractivity contribution in [2.24, 2.45) is 11.3 Å². The third kappa shape index (κ3) is 2.78. The van der Waals surface area contributed by atoms with Crippen LogP contribution in [0.2, 0.25) is 0 Å². The molecule has 1 heterocycles. The Morgan fingerprint density at radius 2 is 2.00 bits per heavy atom. The molecule has 1 spiro atoms. The van der Waals surface area contributed by atoms with Gasteiger partial charge in [-0.2, -0.15) is 0 Å². The Labute approximate surface area is 100 Å². The molecule has 1 aliphatic carbocycles. The molecule has 2 rings (SSSR count). The van der Waals surface area contributed by atoms with Crippen molar-refractivity contribution in [1.29, 1.82) is 0 Å². The largest absolute Gasteiger partial charge is 0.378 e. The molecule has 0 aromatic carbocycles. The first-order valence-electron chi connectivity index (χ1n) is 6.97. The van der Waals surface area contributed by atoms with E-state index in [4.69, 9.17) is 4.74 Å². The maximum Gasteiger partial charge on any atom is 0.0587 e. The zero-order valence-electron chi connectivity index (χ0n) is 11.2. The van der Waals surface area contributed by atoms with Crippen molar-refractivity contribution in [2.75, 3.05) is 26.2 Å². The van der Waals surface area contributed by atoms with Crippen LogP contribution in [0.25, 0.3) is 0 Å². The van der Waals surface area contributed by atoms with Gasteiger partial charge in [-0.1, -0.05) is 27.2 Å². The van der Waals surface area contributed by atoms with Crippen LogP contribution in [-0.4, -0.2) is 37.2 Å². The van der Waals surface area contributed by atoms with Crippen molar-refractivity contribution in [3.8, 4) is 0 Å². The summed E-state index contributed by atoms with van der Waals surface area (Å²) in [6, 6.07) is 0. The Hall–Kier alpha value is -0.0800. The van der Waals surface area contributed by atoms with Crippen LogP contribution >= 0.6 is 0 Å². The predicted molar refractivity (Wildman–Crippen MR) is 67.6 cm³/mol. The number of hydrogen-bond acceptors (Lipinski definition) is 2. The number of nitrogens with zero attached hydrogens (tertiary/aromatic N) is 1. The van der Waals surface area contributed by atoms with E-state index in [-0.39, 0.29) is 0 Å². The van der Waals surface area contributed by atoms with Gasteiger partial charge in [-0.05, 0) is 25.2 Å². The summed E-state index contributed by atoms with van der Waals surface area (Å²) in [5.41, 5.74) is 0.672. The summed E-state index contributed by atoms with van der Waals surface area (Å²) in [5.74, 6) is 0.814. The standard InChI is InChI=1S/C14H27NO/c1-4-5-6-16-13-7-14(8-13)10-15(11-14)9-12(2)3/h12-13H,4-11H2,1-3H3. The molecule has 0 aromatic heterocycles. The Bertz CT molecular complexity index is 213. The zero-order valence-corrected chi connectivity index (χ0v) is 11.2. The van der Waals surface area contributed by atoms with E-state index in [9.17, 15) is 0 Å². The number of unbranched alkanes of at least 4 members (excludes halogenated alkanes) is 1. The van der Waals surface area contributed by atoms with Gasteiger partial charge in [0.15, 0.2) is 0 Å². The van der Waals surface area contributed by atoms with Crippen LogP contribution in [0.4, 0.5) is 0 Å². The van der Waals surface area contributed by atoms with Crippen LogP contribution in [0, 0.1) is 11.3 Å². The van der Waals surface area contributed by atoms with Gasteiger partial charge in [0.1, 0.15) is 0 Å². The fourth-order valence-corrected chi connectivity index (χ4v) is 3.22. The van der Waals surface area contributed by atoms with Crippen LogP contribution in [0.1, 0.15) is 46.5 Å². The van der Waals surface area contributed by atoms with Crippen molar-refractivity contribution in [1.82, 2.24) is 4.90 Å². The Balaban J connectivity index is 1.56. The van der Waals surface area contributed by atoms with Gasteiger partial charge in [0.25, 0.3) is 0 Å². The Kier molecular flexibility index (Phi) is 3.91. The van der Waals surface area contributed by atoms with E-state index in [1.54, 1.807) is 0 Å². The minimum atomic E-state index is 0.591. The van der Waals surface area contributed by atoms with E-state index in [2.05, 4.69) is 25.7 Å². The van der Waals surface area contributed by atoms with E-state index in [1.807, 2.05) is 0 Å². The molecule has 0 N–H and O–H groups in total. The van der Waals surface area contributed by atoms with Crippen LogP contribution in [-0.2, 0) is 4.74 Å². The number of rotatable bonds is 6. The van der Waals surface area contributed by atoms with E-state index in [0.29, 0.717) is 11.5 Å². The van der Waals surface area contributed by atoms with Crippen molar-refractivity contribution >= 4 is 0 Å². The third-order valence-corrected chi connectivity index (χ3v) is 3.91. The second kappa shape index (κ2) is 5.05. The molecule has 0 bridgehead atoms. The molecule has 2 aliphatic rings.